The molecular formula is C21H26ClN5O2. The monoisotopic (exact) mass is 415 g/mol. The predicted molar refractivity (Wildman–Crippen MR) is 116 cm³/mol. The fourth-order valence-corrected chi connectivity index (χ4v) is 3.31. The highest BCUT2D eigenvalue weighted by Crippen LogP contribution is 2.20. The largest absolute Gasteiger partial charge is 0.322 e. The van der Waals surface area contributed by atoms with Crippen molar-refractivity contribution in [2.24, 2.45) is 0 Å². The van der Waals surface area contributed by atoms with E-state index in [0.717, 1.165) is 13.1 Å². The van der Waals surface area contributed by atoms with Gasteiger partial charge in [0.2, 0.25) is 0 Å². The fraction of sp³-hybridized carbons (Fsp3) is 0.381. The van der Waals surface area contributed by atoms with Crippen LogP contribution in [0.4, 0.5) is 16.3 Å². The summed E-state index contributed by atoms with van der Waals surface area (Å²) in [7, 11) is 0. The molecule has 0 spiro atoms. The van der Waals surface area contributed by atoms with E-state index in [0.29, 0.717) is 35.2 Å². The van der Waals surface area contributed by atoms with E-state index in [9.17, 15) is 9.59 Å². The first-order valence-electron chi connectivity index (χ1n) is 9.57. The van der Waals surface area contributed by atoms with E-state index in [-0.39, 0.29) is 17.5 Å². The first kappa shape index (κ1) is 21.1. The summed E-state index contributed by atoms with van der Waals surface area (Å²) in [5.41, 5.74) is 0.913. The Labute approximate surface area is 176 Å². The lowest BCUT2D eigenvalue weighted by molar-refractivity contribution is 0.0774. The Morgan fingerprint density at radius 1 is 1.00 bits per heavy atom. The number of anilines is 2. The molecule has 0 radical (unpaired) electrons. The number of urea groups is 1. The van der Waals surface area contributed by atoms with Crippen LogP contribution >= 0.6 is 11.6 Å². The minimum absolute atomic E-state index is 0.0863. The van der Waals surface area contributed by atoms with Crippen LogP contribution in [0.2, 0.25) is 5.02 Å². The van der Waals surface area contributed by atoms with Crippen molar-refractivity contribution in [1.29, 1.82) is 0 Å². The van der Waals surface area contributed by atoms with Gasteiger partial charge in [-0.05, 0) is 45.0 Å². The molecule has 8 heteroatoms. The summed E-state index contributed by atoms with van der Waals surface area (Å²) in [4.78, 5) is 33.6. The second-order valence-electron chi connectivity index (χ2n) is 7.94. The molecular weight excluding hydrogens is 390 g/mol. The average molecular weight is 416 g/mol. The Hall–Kier alpha value is -2.64. The van der Waals surface area contributed by atoms with Crippen molar-refractivity contribution in [2.75, 3.05) is 36.8 Å². The number of amides is 3. The molecule has 29 heavy (non-hydrogen) atoms. The SMILES string of the molecule is CC(C)(C)N1CCN(C(=O)Nc2ccccc2C(=O)Nc2ccc(Cl)cn2)CC1. The predicted octanol–water partition coefficient (Wildman–Crippen LogP) is 3.94. The topological polar surface area (TPSA) is 77.6 Å². The first-order chi connectivity index (χ1) is 13.7. The molecule has 2 heterocycles. The van der Waals surface area contributed by atoms with Gasteiger partial charge in [-0.15, -0.1) is 0 Å². The van der Waals surface area contributed by atoms with Crippen molar-refractivity contribution in [2.45, 2.75) is 26.3 Å². The molecule has 2 aromatic rings. The molecule has 0 atom stereocenters. The second-order valence-corrected chi connectivity index (χ2v) is 8.37. The van der Waals surface area contributed by atoms with Crippen LogP contribution in [0, 0.1) is 0 Å². The lowest BCUT2D eigenvalue weighted by Gasteiger charge is -2.42. The van der Waals surface area contributed by atoms with E-state index in [1.54, 1.807) is 41.3 Å². The molecule has 1 aliphatic rings. The van der Waals surface area contributed by atoms with E-state index in [1.165, 1.54) is 6.20 Å². The summed E-state index contributed by atoms with van der Waals surface area (Å²) >= 11 is 5.83. The number of nitrogens with zero attached hydrogens (tertiary/aromatic N) is 3. The van der Waals surface area contributed by atoms with Crippen LogP contribution < -0.4 is 10.6 Å². The lowest BCUT2D eigenvalue weighted by atomic mass is 10.1. The summed E-state index contributed by atoms with van der Waals surface area (Å²) in [6.45, 7) is 9.45. The molecule has 1 aliphatic heterocycles. The molecule has 3 rings (SSSR count). The molecule has 1 saturated heterocycles. The number of para-hydroxylation sites is 1. The Kier molecular flexibility index (Phi) is 6.39. The highest BCUT2D eigenvalue weighted by Gasteiger charge is 2.28. The second kappa shape index (κ2) is 8.80. The highest BCUT2D eigenvalue weighted by molar-refractivity contribution is 6.30. The summed E-state index contributed by atoms with van der Waals surface area (Å²) in [6, 6.07) is 9.98. The van der Waals surface area contributed by atoms with Gasteiger partial charge < -0.3 is 15.5 Å². The number of hydrogen-bond donors (Lipinski definition) is 2. The van der Waals surface area contributed by atoms with Crippen molar-refractivity contribution in [3.63, 3.8) is 0 Å². The number of piperazine rings is 1. The number of aromatic nitrogens is 1. The Bertz CT molecular complexity index is 871. The van der Waals surface area contributed by atoms with Crippen molar-refractivity contribution in [3.05, 3.63) is 53.2 Å². The molecule has 0 bridgehead atoms. The van der Waals surface area contributed by atoms with Gasteiger partial charge in [0.05, 0.1) is 16.3 Å². The molecule has 7 nitrogen and oxygen atoms in total. The van der Waals surface area contributed by atoms with Crippen molar-refractivity contribution >= 4 is 35.0 Å². The van der Waals surface area contributed by atoms with Crippen molar-refractivity contribution in [3.8, 4) is 0 Å². The summed E-state index contributed by atoms with van der Waals surface area (Å²) in [5.74, 6) is 0.0344. The van der Waals surface area contributed by atoms with Crippen LogP contribution in [0.15, 0.2) is 42.6 Å². The molecule has 0 aliphatic carbocycles. The molecule has 3 amide bonds. The first-order valence-corrected chi connectivity index (χ1v) is 9.95. The third-order valence-electron chi connectivity index (χ3n) is 4.90. The average Bonchev–Trinajstić information content (AvgIpc) is 2.69. The Morgan fingerprint density at radius 2 is 1.69 bits per heavy atom. The van der Waals surface area contributed by atoms with Crippen molar-refractivity contribution in [1.82, 2.24) is 14.8 Å². The maximum atomic E-state index is 12.7. The number of nitrogens with one attached hydrogen (secondary N) is 2. The molecule has 1 fully saturated rings. The lowest BCUT2D eigenvalue weighted by Crippen LogP contribution is -2.55. The van der Waals surface area contributed by atoms with Gasteiger partial charge in [0.1, 0.15) is 5.82 Å². The number of hydrogen-bond acceptors (Lipinski definition) is 4. The number of halogens is 1. The third-order valence-corrected chi connectivity index (χ3v) is 5.12. The van der Waals surface area contributed by atoms with Gasteiger partial charge in [0.25, 0.3) is 5.91 Å². The van der Waals surface area contributed by atoms with Crippen LogP contribution in [0.5, 0.6) is 0 Å². The third kappa shape index (κ3) is 5.46. The molecule has 1 aromatic carbocycles. The van der Waals surface area contributed by atoms with Gasteiger partial charge in [-0.3, -0.25) is 9.69 Å². The van der Waals surface area contributed by atoms with E-state index in [4.69, 9.17) is 11.6 Å². The number of benzene rings is 1. The van der Waals surface area contributed by atoms with Crippen LogP contribution in [0.25, 0.3) is 0 Å². The van der Waals surface area contributed by atoms with Gasteiger partial charge in [-0.2, -0.15) is 0 Å². The summed E-state index contributed by atoms with van der Waals surface area (Å²) in [5, 5.41) is 6.08. The molecule has 2 N–H and O–H groups in total. The van der Waals surface area contributed by atoms with Gasteiger partial charge in [-0.25, -0.2) is 9.78 Å². The molecule has 0 unspecified atom stereocenters. The van der Waals surface area contributed by atoms with E-state index < -0.39 is 0 Å². The smallest absolute Gasteiger partial charge is 0.321 e. The summed E-state index contributed by atoms with van der Waals surface area (Å²) in [6.07, 6.45) is 1.46. The van der Waals surface area contributed by atoms with Crippen molar-refractivity contribution < 1.29 is 9.59 Å². The number of pyridine rings is 1. The van der Waals surface area contributed by atoms with E-state index in [2.05, 4.69) is 41.3 Å². The van der Waals surface area contributed by atoms with Crippen LogP contribution in [-0.4, -0.2) is 58.4 Å². The molecule has 154 valence electrons. The molecule has 0 saturated carbocycles. The highest BCUT2D eigenvalue weighted by atomic mass is 35.5. The molecule has 1 aromatic heterocycles. The Balaban J connectivity index is 1.65. The van der Waals surface area contributed by atoms with Gasteiger partial charge >= 0.3 is 6.03 Å². The zero-order chi connectivity index (χ0) is 21.0. The van der Waals surface area contributed by atoms with Crippen LogP contribution in [-0.2, 0) is 0 Å². The quantitative estimate of drug-likeness (QED) is 0.796. The normalized spacial score (nSPS) is 15.1. The van der Waals surface area contributed by atoms with Gasteiger partial charge in [0, 0.05) is 37.9 Å². The van der Waals surface area contributed by atoms with Crippen LogP contribution in [0.1, 0.15) is 31.1 Å². The Morgan fingerprint density at radius 3 is 2.31 bits per heavy atom. The zero-order valence-electron chi connectivity index (χ0n) is 16.9. The number of rotatable bonds is 3. The maximum Gasteiger partial charge on any atom is 0.321 e. The zero-order valence-corrected chi connectivity index (χ0v) is 17.7. The number of carbonyl (C=O) groups excluding carboxylic acids is 2. The van der Waals surface area contributed by atoms with E-state index >= 15 is 0 Å². The number of carbonyl (C=O) groups is 2. The minimum atomic E-state index is -0.353. The van der Waals surface area contributed by atoms with Gasteiger partial charge in [-0.1, -0.05) is 23.7 Å². The summed E-state index contributed by atoms with van der Waals surface area (Å²) < 4.78 is 0. The van der Waals surface area contributed by atoms with E-state index in [1.807, 2.05) is 0 Å². The fourth-order valence-electron chi connectivity index (χ4n) is 3.20. The maximum absolute atomic E-state index is 12.7. The minimum Gasteiger partial charge on any atom is -0.322 e. The van der Waals surface area contributed by atoms with Gasteiger partial charge in [0.15, 0.2) is 0 Å². The standard InChI is InChI=1S/C21H26ClN5O2/c1-21(2,3)27-12-10-26(11-13-27)20(29)24-17-7-5-4-6-16(17)19(28)25-18-9-8-15(22)14-23-18/h4-9,14H,10-13H2,1-3H3,(H,24,29)(H,23,25,28). The van der Waals surface area contributed by atoms with Crippen LogP contribution in [0.3, 0.4) is 0 Å².